The summed E-state index contributed by atoms with van der Waals surface area (Å²) in [7, 11) is 0. The Morgan fingerprint density at radius 3 is 1.12 bits per heavy atom. The van der Waals surface area contributed by atoms with Gasteiger partial charge in [-0.1, -0.05) is 0 Å². The third-order valence-corrected chi connectivity index (χ3v) is 0.167. The molecule has 0 bridgehead atoms. The molecule has 0 unspecified atom stereocenters. The third kappa shape index (κ3) is 9.74. The molecular formula is C2LiNaO4. The summed E-state index contributed by atoms with van der Waals surface area (Å²) in [6.07, 6.45) is 0. The van der Waals surface area contributed by atoms with Crippen molar-refractivity contribution in [1.82, 2.24) is 0 Å². The number of carboxylic acid groups (broad SMARTS) is 2. The second-order valence-electron chi connectivity index (χ2n) is 0.575. The summed E-state index contributed by atoms with van der Waals surface area (Å²) < 4.78 is 0. The van der Waals surface area contributed by atoms with Gasteiger partial charge in [0, 0.05) is 0 Å². The maximum atomic E-state index is 8.93. The Labute approximate surface area is 79.7 Å². The fraction of sp³-hybridized carbons (Fsp3) is 0. The summed E-state index contributed by atoms with van der Waals surface area (Å²) >= 11 is 0. The Morgan fingerprint density at radius 2 is 1.12 bits per heavy atom. The first-order valence-electron chi connectivity index (χ1n) is 1.07. The van der Waals surface area contributed by atoms with E-state index in [1.807, 2.05) is 0 Å². The molecule has 0 aromatic heterocycles. The van der Waals surface area contributed by atoms with Gasteiger partial charge in [0.2, 0.25) is 0 Å². The number of carbonyl (C=O) groups is 2. The average molecular weight is 118 g/mol. The molecule has 0 heterocycles. The van der Waals surface area contributed by atoms with Gasteiger partial charge in [-0.25, -0.2) is 0 Å². The predicted octanol–water partition coefficient (Wildman–Crippen LogP) is -9.51. The van der Waals surface area contributed by atoms with Crippen molar-refractivity contribution in [2.75, 3.05) is 0 Å². The zero-order valence-electron chi connectivity index (χ0n) is 4.63. The van der Waals surface area contributed by atoms with E-state index in [0.29, 0.717) is 0 Å². The van der Waals surface area contributed by atoms with Crippen molar-refractivity contribution in [3.05, 3.63) is 0 Å². The standard InChI is InChI=1S/C2H2O4.Li.Na/c3-1(4)2(5)6;;/h(H,3,4)(H,5,6);;/q;2*+1/p-2. The molecule has 0 saturated carbocycles. The van der Waals surface area contributed by atoms with E-state index in [-0.39, 0.29) is 48.4 Å². The monoisotopic (exact) mass is 118 g/mol. The van der Waals surface area contributed by atoms with Crippen LogP contribution in [0.1, 0.15) is 0 Å². The van der Waals surface area contributed by atoms with Crippen LogP contribution in [0.2, 0.25) is 0 Å². The molecule has 0 saturated heterocycles. The fourth-order valence-corrected chi connectivity index (χ4v) is 0. The molecule has 0 rings (SSSR count). The number of carboxylic acids is 2. The zero-order valence-corrected chi connectivity index (χ0v) is 6.63. The first-order chi connectivity index (χ1) is 2.64. The van der Waals surface area contributed by atoms with Gasteiger partial charge in [0.15, 0.2) is 0 Å². The van der Waals surface area contributed by atoms with E-state index in [1.165, 1.54) is 0 Å². The second-order valence-corrected chi connectivity index (χ2v) is 0.575. The second kappa shape index (κ2) is 7.54. The van der Waals surface area contributed by atoms with E-state index < -0.39 is 11.9 Å². The van der Waals surface area contributed by atoms with Crippen molar-refractivity contribution in [2.24, 2.45) is 0 Å². The molecule has 8 heavy (non-hydrogen) atoms. The topological polar surface area (TPSA) is 80.3 Å². The number of rotatable bonds is 0. The number of hydrogen-bond donors (Lipinski definition) is 0. The van der Waals surface area contributed by atoms with Crippen LogP contribution in [0.15, 0.2) is 0 Å². The van der Waals surface area contributed by atoms with Crippen LogP contribution in [0.5, 0.6) is 0 Å². The molecule has 0 aliphatic carbocycles. The smallest absolute Gasteiger partial charge is 0.543 e. The number of hydrogen-bond acceptors (Lipinski definition) is 4. The molecule has 0 atom stereocenters. The summed E-state index contributed by atoms with van der Waals surface area (Å²) in [6.45, 7) is 0. The minimum Gasteiger partial charge on any atom is -0.543 e. The molecule has 0 fully saturated rings. The van der Waals surface area contributed by atoms with E-state index in [2.05, 4.69) is 0 Å². The first-order valence-corrected chi connectivity index (χ1v) is 1.07. The molecule has 0 amide bonds. The van der Waals surface area contributed by atoms with Gasteiger partial charge in [-0.05, 0) is 0 Å². The molecule has 0 radical (unpaired) electrons. The summed E-state index contributed by atoms with van der Waals surface area (Å²) in [5.41, 5.74) is 0. The SMILES string of the molecule is O=C([O-])C(=O)[O-].[Li+].[Na+]. The molecule has 0 aromatic rings. The average Bonchev–Trinajstić information content (AvgIpc) is 1.36. The molecule has 0 N–H and O–H groups in total. The molecule has 0 spiro atoms. The van der Waals surface area contributed by atoms with Crippen molar-refractivity contribution < 1.29 is 68.2 Å². The molecule has 0 aliphatic heterocycles. The molecule has 0 aliphatic rings. The zero-order chi connectivity index (χ0) is 5.15. The van der Waals surface area contributed by atoms with Crippen molar-refractivity contribution in [3.8, 4) is 0 Å². The third-order valence-electron chi connectivity index (χ3n) is 0.167. The van der Waals surface area contributed by atoms with E-state index >= 15 is 0 Å². The first kappa shape index (κ1) is 15.8. The summed E-state index contributed by atoms with van der Waals surface area (Å²) in [5.74, 6) is -4.37. The number of aliphatic carboxylic acids is 2. The minimum absolute atomic E-state index is 0. The van der Waals surface area contributed by atoms with Gasteiger partial charge < -0.3 is 19.8 Å². The Morgan fingerprint density at radius 1 is 1.00 bits per heavy atom. The van der Waals surface area contributed by atoms with Gasteiger partial charge in [-0.3, -0.25) is 0 Å². The van der Waals surface area contributed by atoms with Gasteiger partial charge in [-0.2, -0.15) is 0 Å². The maximum absolute atomic E-state index is 8.93. The van der Waals surface area contributed by atoms with E-state index in [1.54, 1.807) is 0 Å². The van der Waals surface area contributed by atoms with E-state index in [0.717, 1.165) is 0 Å². The fourth-order valence-electron chi connectivity index (χ4n) is 0. The van der Waals surface area contributed by atoms with E-state index in [9.17, 15) is 0 Å². The molecule has 0 aromatic carbocycles. The largest absolute Gasteiger partial charge is 1.00 e. The van der Waals surface area contributed by atoms with Gasteiger partial charge in [0.05, 0.1) is 11.9 Å². The van der Waals surface area contributed by atoms with Crippen LogP contribution in [0, 0.1) is 0 Å². The van der Waals surface area contributed by atoms with Gasteiger partial charge in [-0.15, -0.1) is 0 Å². The van der Waals surface area contributed by atoms with Gasteiger partial charge in [0.25, 0.3) is 0 Å². The van der Waals surface area contributed by atoms with Crippen LogP contribution in [0.25, 0.3) is 0 Å². The molecule has 34 valence electrons. The predicted molar refractivity (Wildman–Crippen MR) is 10.0 cm³/mol. The Balaban J connectivity index is -0.000000125. The van der Waals surface area contributed by atoms with Crippen LogP contribution in [0.3, 0.4) is 0 Å². The molecule has 6 heteroatoms. The quantitative estimate of drug-likeness (QED) is 0.233. The van der Waals surface area contributed by atoms with Crippen molar-refractivity contribution in [1.29, 1.82) is 0 Å². The van der Waals surface area contributed by atoms with Crippen molar-refractivity contribution in [3.63, 3.8) is 0 Å². The van der Waals surface area contributed by atoms with E-state index in [4.69, 9.17) is 19.8 Å². The molecular weight excluding hydrogens is 118 g/mol. The maximum Gasteiger partial charge on any atom is 1.00 e. The van der Waals surface area contributed by atoms with Crippen molar-refractivity contribution >= 4 is 11.9 Å². The summed E-state index contributed by atoms with van der Waals surface area (Å²) in [5, 5.41) is 17.9. The van der Waals surface area contributed by atoms with Crippen molar-refractivity contribution in [2.45, 2.75) is 0 Å². The van der Waals surface area contributed by atoms with Gasteiger partial charge >= 0.3 is 48.4 Å². The summed E-state index contributed by atoms with van der Waals surface area (Å²) in [6, 6.07) is 0. The summed E-state index contributed by atoms with van der Waals surface area (Å²) in [4.78, 5) is 17.9. The minimum atomic E-state index is -2.19. The van der Waals surface area contributed by atoms with Crippen LogP contribution >= 0.6 is 0 Å². The normalized spacial score (nSPS) is 5.50. The van der Waals surface area contributed by atoms with Crippen LogP contribution in [-0.4, -0.2) is 11.9 Å². The van der Waals surface area contributed by atoms with Crippen LogP contribution < -0.4 is 58.6 Å². The Bertz CT molecular complexity index is 80.0. The van der Waals surface area contributed by atoms with Crippen LogP contribution in [-0.2, 0) is 9.59 Å². The Kier molecular flexibility index (Phi) is 14.9. The molecule has 4 nitrogen and oxygen atoms in total. The van der Waals surface area contributed by atoms with Gasteiger partial charge in [0.1, 0.15) is 0 Å². The Hall–Kier alpha value is 0.537. The van der Waals surface area contributed by atoms with Crippen LogP contribution in [0.4, 0.5) is 0 Å². The number of carbonyl (C=O) groups excluding carboxylic acids is 2.